The molecule has 0 saturated heterocycles. The van der Waals surface area contributed by atoms with E-state index >= 15 is 0 Å². The standard InChI is InChI=1S/C13H22N2O/c1-5-9-15(10(2)3)13-12(11(4)16)7-6-8-14-13/h6-8,10-11,16H,5,9H2,1-4H3. The van der Waals surface area contributed by atoms with Crippen molar-refractivity contribution in [2.24, 2.45) is 0 Å². The molecule has 3 heteroatoms. The second-order valence-electron chi connectivity index (χ2n) is 4.38. The molecular weight excluding hydrogens is 200 g/mol. The molecule has 0 bridgehead atoms. The zero-order chi connectivity index (χ0) is 12.1. The average molecular weight is 222 g/mol. The number of aliphatic hydroxyl groups excluding tert-OH is 1. The maximum atomic E-state index is 9.74. The Bertz CT molecular complexity index is 323. The molecule has 16 heavy (non-hydrogen) atoms. The molecule has 0 amide bonds. The highest BCUT2D eigenvalue weighted by molar-refractivity contribution is 5.48. The molecule has 0 spiro atoms. The largest absolute Gasteiger partial charge is 0.389 e. The fraction of sp³-hybridized carbons (Fsp3) is 0.615. The van der Waals surface area contributed by atoms with Crippen molar-refractivity contribution < 1.29 is 5.11 Å². The first-order valence-corrected chi connectivity index (χ1v) is 5.97. The molecule has 1 atom stereocenters. The van der Waals surface area contributed by atoms with E-state index in [1.165, 1.54) is 0 Å². The number of pyridine rings is 1. The van der Waals surface area contributed by atoms with Crippen molar-refractivity contribution >= 4 is 5.82 Å². The molecule has 0 aliphatic carbocycles. The number of anilines is 1. The second-order valence-corrected chi connectivity index (χ2v) is 4.38. The minimum Gasteiger partial charge on any atom is -0.389 e. The predicted octanol–water partition coefficient (Wildman–Crippen LogP) is 2.76. The Hall–Kier alpha value is -1.09. The molecule has 0 radical (unpaired) electrons. The summed E-state index contributed by atoms with van der Waals surface area (Å²) in [6.45, 7) is 9.20. The van der Waals surface area contributed by atoms with Crippen LogP contribution in [0.3, 0.4) is 0 Å². The lowest BCUT2D eigenvalue weighted by Gasteiger charge is -2.29. The van der Waals surface area contributed by atoms with Gasteiger partial charge in [-0.15, -0.1) is 0 Å². The maximum Gasteiger partial charge on any atom is 0.134 e. The van der Waals surface area contributed by atoms with E-state index in [0.29, 0.717) is 6.04 Å². The van der Waals surface area contributed by atoms with Crippen molar-refractivity contribution in [3.8, 4) is 0 Å². The Morgan fingerprint density at radius 1 is 1.38 bits per heavy atom. The van der Waals surface area contributed by atoms with Gasteiger partial charge in [0, 0.05) is 24.3 Å². The van der Waals surface area contributed by atoms with Crippen molar-refractivity contribution in [3.05, 3.63) is 23.9 Å². The van der Waals surface area contributed by atoms with Gasteiger partial charge in [-0.05, 0) is 33.3 Å². The first kappa shape index (κ1) is 13.0. The maximum absolute atomic E-state index is 9.74. The summed E-state index contributed by atoms with van der Waals surface area (Å²) in [6, 6.07) is 4.21. The minimum atomic E-state index is -0.471. The van der Waals surface area contributed by atoms with Gasteiger partial charge in [-0.2, -0.15) is 0 Å². The van der Waals surface area contributed by atoms with Crippen LogP contribution in [0, 0.1) is 0 Å². The summed E-state index contributed by atoms with van der Waals surface area (Å²) in [6.07, 6.45) is 2.39. The van der Waals surface area contributed by atoms with E-state index in [9.17, 15) is 5.11 Å². The summed E-state index contributed by atoms with van der Waals surface area (Å²) < 4.78 is 0. The molecule has 0 aromatic carbocycles. The van der Waals surface area contributed by atoms with E-state index in [-0.39, 0.29) is 0 Å². The SMILES string of the molecule is CCCN(c1ncccc1C(C)O)C(C)C. The predicted molar refractivity (Wildman–Crippen MR) is 67.6 cm³/mol. The van der Waals surface area contributed by atoms with E-state index in [2.05, 4.69) is 30.7 Å². The Morgan fingerprint density at radius 3 is 2.56 bits per heavy atom. The highest BCUT2D eigenvalue weighted by atomic mass is 16.3. The monoisotopic (exact) mass is 222 g/mol. The molecular formula is C13H22N2O. The summed E-state index contributed by atoms with van der Waals surface area (Å²) in [5.41, 5.74) is 0.907. The second kappa shape index (κ2) is 5.85. The van der Waals surface area contributed by atoms with E-state index in [1.807, 2.05) is 12.1 Å². The van der Waals surface area contributed by atoms with E-state index in [0.717, 1.165) is 24.3 Å². The van der Waals surface area contributed by atoms with Gasteiger partial charge in [0.15, 0.2) is 0 Å². The number of aliphatic hydroxyl groups is 1. The van der Waals surface area contributed by atoms with Gasteiger partial charge >= 0.3 is 0 Å². The van der Waals surface area contributed by atoms with E-state index < -0.39 is 6.10 Å². The topological polar surface area (TPSA) is 36.4 Å². The molecule has 1 aromatic rings. The smallest absolute Gasteiger partial charge is 0.134 e. The molecule has 90 valence electrons. The molecule has 1 unspecified atom stereocenters. The van der Waals surface area contributed by atoms with Crippen LogP contribution in [0.25, 0.3) is 0 Å². The third kappa shape index (κ3) is 2.95. The molecule has 1 heterocycles. The Balaban J connectivity index is 3.07. The fourth-order valence-electron chi connectivity index (χ4n) is 1.83. The first-order chi connectivity index (χ1) is 7.57. The first-order valence-electron chi connectivity index (χ1n) is 5.97. The molecule has 0 fully saturated rings. The quantitative estimate of drug-likeness (QED) is 0.832. The van der Waals surface area contributed by atoms with Crippen LogP contribution in [0.4, 0.5) is 5.82 Å². The van der Waals surface area contributed by atoms with Crippen LogP contribution in [0.5, 0.6) is 0 Å². The van der Waals surface area contributed by atoms with Gasteiger partial charge in [0.25, 0.3) is 0 Å². The van der Waals surface area contributed by atoms with Crippen LogP contribution in [-0.2, 0) is 0 Å². The Kier molecular flexibility index (Phi) is 4.74. The molecule has 1 aromatic heterocycles. The Morgan fingerprint density at radius 2 is 2.06 bits per heavy atom. The normalized spacial score (nSPS) is 12.9. The molecule has 0 saturated carbocycles. The van der Waals surface area contributed by atoms with Crippen molar-refractivity contribution in [1.82, 2.24) is 4.98 Å². The summed E-state index contributed by atoms with van der Waals surface area (Å²) in [5.74, 6) is 0.911. The lowest BCUT2D eigenvalue weighted by atomic mass is 10.1. The zero-order valence-electron chi connectivity index (χ0n) is 10.6. The van der Waals surface area contributed by atoms with E-state index in [1.54, 1.807) is 13.1 Å². The summed E-state index contributed by atoms with van der Waals surface area (Å²) in [5, 5.41) is 9.74. The van der Waals surface area contributed by atoms with Crippen molar-refractivity contribution in [2.45, 2.75) is 46.3 Å². The lowest BCUT2D eigenvalue weighted by molar-refractivity contribution is 0.199. The molecule has 0 aliphatic rings. The van der Waals surface area contributed by atoms with Crippen molar-refractivity contribution in [1.29, 1.82) is 0 Å². The molecule has 1 N–H and O–H groups in total. The minimum absolute atomic E-state index is 0.396. The molecule has 0 aliphatic heterocycles. The van der Waals surface area contributed by atoms with Gasteiger partial charge in [-0.3, -0.25) is 0 Å². The number of rotatable bonds is 5. The van der Waals surface area contributed by atoms with Crippen LogP contribution in [0.15, 0.2) is 18.3 Å². The van der Waals surface area contributed by atoms with Crippen LogP contribution in [-0.4, -0.2) is 22.7 Å². The molecule has 3 nitrogen and oxygen atoms in total. The van der Waals surface area contributed by atoms with Crippen LogP contribution >= 0.6 is 0 Å². The van der Waals surface area contributed by atoms with Gasteiger partial charge in [0.05, 0.1) is 6.10 Å². The van der Waals surface area contributed by atoms with Crippen molar-refractivity contribution in [3.63, 3.8) is 0 Å². The Labute approximate surface area is 98.1 Å². The van der Waals surface area contributed by atoms with Crippen molar-refractivity contribution in [2.75, 3.05) is 11.4 Å². The van der Waals surface area contributed by atoms with Gasteiger partial charge in [-0.1, -0.05) is 13.0 Å². The number of aromatic nitrogens is 1. The van der Waals surface area contributed by atoms with Gasteiger partial charge in [0.2, 0.25) is 0 Å². The number of hydrogen-bond donors (Lipinski definition) is 1. The third-order valence-electron chi connectivity index (χ3n) is 2.63. The lowest BCUT2D eigenvalue weighted by Crippen LogP contribution is -2.33. The number of nitrogens with zero attached hydrogens (tertiary/aromatic N) is 2. The fourth-order valence-corrected chi connectivity index (χ4v) is 1.83. The van der Waals surface area contributed by atoms with Crippen LogP contribution < -0.4 is 4.90 Å². The van der Waals surface area contributed by atoms with Crippen LogP contribution in [0.1, 0.15) is 45.8 Å². The van der Waals surface area contributed by atoms with Gasteiger partial charge in [-0.25, -0.2) is 4.98 Å². The highest BCUT2D eigenvalue weighted by Crippen LogP contribution is 2.25. The zero-order valence-corrected chi connectivity index (χ0v) is 10.6. The van der Waals surface area contributed by atoms with Gasteiger partial charge in [0.1, 0.15) is 5.82 Å². The van der Waals surface area contributed by atoms with Crippen LogP contribution in [0.2, 0.25) is 0 Å². The third-order valence-corrected chi connectivity index (χ3v) is 2.63. The van der Waals surface area contributed by atoms with E-state index in [4.69, 9.17) is 0 Å². The summed E-state index contributed by atoms with van der Waals surface area (Å²) in [7, 11) is 0. The highest BCUT2D eigenvalue weighted by Gasteiger charge is 2.16. The molecule has 1 rings (SSSR count). The number of hydrogen-bond acceptors (Lipinski definition) is 3. The average Bonchev–Trinajstić information content (AvgIpc) is 2.25. The summed E-state index contributed by atoms with van der Waals surface area (Å²) >= 11 is 0. The van der Waals surface area contributed by atoms with Gasteiger partial charge < -0.3 is 10.0 Å². The summed E-state index contributed by atoms with van der Waals surface area (Å²) in [4.78, 5) is 6.64.